The molecule has 4 rings (SSSR count). The van der Waals surface area contributed by atoms with E-state index in [1.807, 2.05) is 4.90 Å². The van der Waals surface area contributed by atoms with E-state index in [9.17, 15) is 31.9 Å². The number of aliphatic hydroxyl groups is 1. The number of alkyl halides is 3. The third-order valence-corrected chi connectivity index (χ3v) is 7.31. The Morgan fingerprint density at radius 2 is 1.95 bits per heavy atom. The number of nitrogens with zero attached hydrogens (tertiary/aromatic N) is 4. The lowest BCUT2D eigenvalue weighted by molar-refractivity contribution is -0.137. The van der Waals surface area contributed by atoms with E-state index in [0.717, 1.165) is 24.3 Å². The number of hydrogen-bond acceptors (Lipinski definition) is 6. The first-order valence-corrected chi connectivity index (χ1v) is 12.5. The van der Waals surface area contributed by atoms with Gasteiger partial charge in [0.2, 0.25) is 5.91 Å². The average molecular weight is 543 g/mol. The maximum absolute atomic E-state index is 14.0. The second-order valence-electron chi connectivity index (χ2n) is 9.76. The Labute approximate surface area is 217 Å². The minimum absolute atomic E-state index is 0.00615. The van der Waals surface area contributed by atoms with Crippen molar-refractivity contribution in [2.75, 3.05) is 43.2 Å². The molecule has 2 aliphatic rings. The van der Waals surface area contributed by atoms with Crippen LogP contribution in [0.1, 0.15) is 31.0 Å². The van der Waals surface area contributed by atoms with Crippen molar-refractivity contribution >= 4 is 17.4 Å². The van der Waals surface area contributed by atoms with Crippen LogP contribution in [0.4, 0.5) is 33.5 Å². The Bertz CT molecular complexity index is 1160. The number of aliphatic hydroxyl groups excluding tert-OH is 1. The van der Waals surface area contributed by atoms with E-state index in [-0.39, 0.29) is 55.4 Å². The van der Waals surface area contributed by atoms with Gasteiger partial charge in [0.05, 0.1) is 24.3 Å². The van der Waals surface area contributed by atoms with Crippen LogP contribution < -0.4 is 9.80 Å². The van der Waals surface area contributed by atoms with Crippen molar-refractivity contribution in [3.63, 3.8) is 0 Å². The van der Waals surface area contributed by atoms with E-state index in [4.69, 9.17) is 4.74 Å². The van der Waals surface area contributed by atoms with Crippen molar-refractivity contribution in [1.82, 2.24) is 9.88 Å². The highest BCUT2D eigenvalue weighted by atomic mass is 19.4. The molecule has 2 aromatic rings. The second-order valence-corrected chi connectivity index (χ2v) is 9.76. The predicted octanol–water partition coefficient (Wildman–Crippen LogP) is 3.77. The van der Waals surface area contributed by atoms with Gasteiger partial charge in [0, 0.05) is 43.2 Å². The van der Waals surface area contributed by atoms with Crippen molar-refractivity contribution in [3.05, 3.63) is 53.2 Å². The SMILES string of the molecule is CCN(C(=O)C1CC(N(C)[C@@H]2COCC[C@H]2O)CN1c1cc(C(F)(F)F)cc(C)n1)c1ccc(F)c(F)c1. The van der Waals surface area contributed by atoms with E-state index in [2.05, 4.69) is 4.98 Å². The van der Waals surface area contributed by atoms with Crippen LogP contribution >= 0.6 is 0 Å². The monoisotopic (exact) mass is 542 g/mol. The van der Waals surface area contributed by atoms with Gasteiger partial charge >= 0.3 is 6.18 Å². The molecule has 0 saturated carbocycles. The first-order valence-electron chi connectivity index (χ1n) is 12.5. The molecule has 0 aliphatic carbocycles. The number of benzene rings is 1. The number of aromatic nitrogens is 1. The maximum atomic E-state index is 14.0. The van der Waals surface area contributed by atoms with Gasteiger partial charge < -0.3 is 19.6 Å². The van der Waals surface area contributed by atoms with E-state index in [1.165, 1.54) is 22.8 Å². The van der Waals surface area contributed by atoms with E-state index in [0.29, 0.717) is 13.0 Å². The molecule has 2 aliphatic heterocycles. The largest absolute Gasteiger partial charge is 0.416 e. The summed E-state index contributed by atoms with van der Waals surface area (Å²) in [7, 11) is 1.79. The molecule has 1 aromatic carbocycles. The van der Waals surface area contributed by atoms with Crippen LogP contribution in [0.15, 0.2) is 30.3 Å². The number of aryl methyl sites for hydroxylation is 1. The molecule has 7 nitrogen and oxygen atoms in total. The molecule has 0 bridgehead atoms. The average Bonchev–Trinajstić information content (AvgIpc) is 3.31. The molecule has 1 N–H and O–H groups in total. The van der Waals surface area contributed by atoms with Crippen molar-refractivity contribution in [2.24, 2.45) is 0 Å². The summed E-state index contributed by atoms with van der Waals surface area (Å²) < 4.78 is 73.9. The summed E-state index contributed by atoms with van der Waals surface area (Å²) in [4.78, 5) is 22.9. The number of rotatable bonds is 6. The van der Waals surface area contributed by atoms with Gasteiger partial charge in [-0.05, 0) is 58.0 Å². The first kappa shape index (κ1) is 28.2. The zero-order chi connectivity index (χ0) is 27.8. The van der Waals surface area contributed by atoms with Gasteiger partial charge in [-0.15, -0.1) is 0 Å². The number of hydrogen-bond donors (Lipinski definition) is 1. The van der Waals surface area contributed by atoms with Crippen molar-refractivity contribution in [2.45, 2.75) is 57.1 Å². The fourth-order valence-corrected chi connectivity index (χ4v) is 5.23. The Balaban J connectivity index is 1.71. The van der Waals surface area contributed by atoms with Crippen molar-refractivity contribution in [3.8, 4) is 0 Å². The summed E-state index contributed by atoms with van der Waals surface area (Å²) in [5, 5.41) is 10.5. The third kappa shape index (κ3) is 5.76. The normalized spacial score (nSPS) is 24.2. The summed E-state index contributed by atoms with van der Waals surface area (Å²) in [5.41, 5.74) is -0.605. The number of likely N-dealkylation sites (N-methyl/N-ethyl adjacent to an activating group) is 2. The fourth-order valence-electron chi connectivity index (χ4n) is 5.23. The number of pyridine rings is 1. The zero-order valence-electron chi connectivity index (χ0n) is 21.4. The first-order chi connectivity index (χ1) is 17.9. The molecule has 1 amide bonds. The van der Waals surface area contributed by atoms with Crippen LogP contribution in [0.2, 0.25) is 0 Å². The van der Waals surface area contributed by atoms with Crippen LogP contribution in [-0.4, -0.2) is 78.5 Å². The molecule has 2 unspecified atom stereocenters. The van der Waals surface area contributed by atoms with E-state index in [1.54, 1.807) is 14.0 Å². The number of anilines is 2. The van der Waals surface area contributed by atoms with Gasteiger partial charge in [0.1, 0.15) is 11.9 Å². The summed E-state index contributed by atoms with van der Waals surface area (Å²) in [5.74, 6) is -2.66. The second kappa shape index (κ2) is 11.1. The molecule has 0 spiro atoms. The number of halogens is 5. The van der Waals surface area contributed by atoms with Crippen LogP contribution in [0, 0.1) is 18.6 Å². The number of carbonyl (C=O) groups excluding carboxylic acids is 1. The molecule has 38 heavy (non-hydrogen) atoms. The molecular weight excluding hydrogens is 511 g/mol. The molecule has 4 atom stereocenters. The van der Waals surface area contributed by atoms with Gasteiger partial charge in [-0.3, -0.25) is 9.69 Å². The van der Waals surface area contributed by atoms with E-state index < -0.39 is 41.4 Å². The predicted molar refractivity (Wildman–Crippen MR) is 131 cm³/mol. The van der Waals surface area contributed by atoms with Gasteiger partial charge in [0.15, 0.2) is 11.6 Å². The highest BCUT2D eigenvalue weighted by Crippen LogP contribution is 2.36. The molecule has 3 heterocycles. The topological polar surface area (TPSA) is 69.1 Å². The third-order valence-electron chi connectivity index (χ3n) is 7.31. The number of ether oxygens (including phenoxy) is 1. The molecule has 12 heteroatoms. The lowest BCUT2D eigenvalue weighted by Gasteiger charge is -2.38. The van der Waals surface area contributed by atoms with E-state index >= 15 is 0 Å². The van der Waals surface area contributed by atoms with Crippen LogP contribution in [-0.2, 0) is 15.7 Å². The van der Waals surface area contributed by atoms with Crippen LogP contribution in [0.25, 0.3) is 0 Å². The molecule has 2 fully saturated rings. The van der Waals surface area contributed by atoms with Gasteiger partial charge in [0.25, 0.3) is 0 Å². The van der Waals surface area contributed by atoms with Gasteiger partial charge in [-0.2, -0.15) is 13.2 Å². The van der Waals surface area contributed by atoms with Crippen molar-refractivity contribution < 1.29 is 36.6 Å². The summed E-state index contributed by atoms with van der Waals surface area (Å²) in [6.07, 6.45) is -4.60. The standard InChI is InChI=1S/C26H31F5N4O3/c1-4-34(17-5-6-19(27)20(28)11-17)25(37)21-12-18(33(3)22-14-38-8-7-23(22)36)13-35(21)24-10-16(26(29,30)31)9-15(2)32-24/h5-6,9-11,18,21-23,36H,4,7-8,12-14H2,1-3H3/t18?,21?,22-,23-/m1/s1. The molecule has 2 saturated heterocycles. The summed E-state index contributed by atoms with van der Waals surface area (Å²) in [6.45, 7) is 4.12. The lowest BCUT2D eigenvalue weighted by atomic mass is 10.0. The number of amides is 1. The molecule has 0 radical (unpaired) electrons. The zero-order valence-corrected chi connectivity index (χ0v) is 21.4. The molecule has 208 valence electrons. The highest BCUT2D eigenvalue weighted by Gasteiger charge is 2.44. The quantitative estimate of drug-likeness (QED) is 0.561. The summed E-state index contributed by atoms with van der Waals surface area (Å²) in [6, 6.07) is 3.36. The Kier molecular flexibility index (Phi) is 8.24. The Morgan fingerprint density at radius 3 is 2.58 bits per heavy atom. The lowest BCUT2D eigenvalue weighted by Crippen LogP contribution is -2.52. The minimum Gasteiger partial charge on any atom is -0.391 e. The molecule has 1 aromatic heterocycles. The Morgan fingerprint density at radius 1 is 1.21 bits per heavy atom. The van der Waals surface area contributed by atoms with Gasteiger partial charge in [-0.1, -0.05) is 0 Å². The Hall–Kier alpha value is -2.83. The highest BCUT2D eigenvalue weighted by molar-refractivity contribution is 5.99. The fraction of sp³-hybridized carbons (Fsp3) is 0.538. The van der Waals surface area contributed by atoms with Crippen LogP contribution in [0.5, 0.6) is 0 Å². The van der Waals surface area contributed by atoms with Gasteiger partial charge in [-0.25, -0.2) is 13.8 Å². The van der Waals surface area contributed by atoms with Crippen molar-refractivity contribution in [1.29, 1.82) is 0 Å². The molecular formula is C26H31F5N4O3. The smallest absolute Gasteiger partial charge is 0.391 e. The minimum atomic E-state index is -4.61. The maximum Gasteiger partial charge on any atom is 0.416 e. The number of carbonyl (C=O) groups is 1. The summed E-state index contributed by atoms with van der Waals surface area (Å²) >= 11 is 0. The van der Waals surface area contributed by atoms with Crippen LogP contribution in [0.3, 0.4) is 0 Å².